The van der Waals surface area contributed by atoms with E-state index in [4.69, 9.17) is 4.98 Å². The van der Waals surface area contributed by atoms with Gasteiger partial charge in [-0.05, 0) is 37.8 Å². The van der Waals surface area contributed by atoms with Crippen molar-refractivity contribution in [2.24, 2.45) is 5.41 Å². The van der Waals surface area contributed by atoms with Crippen LogP contribution in [0.2, 0.25) is 0 Å². The van der Waals surface area contributed by atoms with Crippen molar-refractivity contribution in [1.29, 1.82) is 0 Å². The van der Waals surface area contributed by atoms with Gasteiger partial charge in [0.2, 0.25) is 5.91 Å². The number of amides is 1. The Hall–Kier alpha value is -2.47. The van der Waals surface area contributed by atoms with Crippen LogP contribution in [0.25, 0.3) is 10.2 Å². The molecule has 0 bridgehead atoms. The number of likely N-dealkylation sites (tertiary alicyclic amines) is 1. The molecule has 1 amide bonds. The quantitative estimate of drug-likeness (QED) is 0.587. The number of piperidine rings is 1. The number of hydrogen-bond donors (Lipinski definition) is 0. The van der Waals surface area contributed by atoms with E-state index in [0.29, 0.717) is 19.5 Å². The van der Waals surface area contributed by atoms with Crippen molar-refractivity contribution >= 4 is 27.5 Å². The van der Waals surface area contributed by atoms with Crippen LogP contribution >= 0.6 is 11.3 Å². The second-order valence-electron chi connectivity index (χ2n) is 9.60. The molecule has 164 valence electrons. The molecule has 3 aromatic rings. The summed E-state index contributed by atoms with van der Waals surface area (Å²) in [5, 5.41) is 0.757. The minimum absolute atomic E-state index is 0.0618. The fourth-order valence-corrected chi connectivity index (χ4v) is 5.47. The highest BCUT2D eigenvalue weighted by Gasteiger charge is 2.32. The van der Waals surface area contributed by atoms with Crippen LogP contribution in [0, 0.1) is 19.3 Å². The summed E-state index contributed by atoms with van der Waals surface area (Å²) in [6.07, 6.45) is 2.18. The van der Waals surface area contributed by atoms with Gasteiger partial charge in [0.25, 0.3) is 5.56 Å². The minimum atomic E-state index is -0.381. The number of carbonyl (C=O) groups is 1. The zero-order valence-electron chi connectivity index (χ0n) is 19.1. The number of nitrogens with zero attached hydrogens (tertiary/aromatic N) is 3. The highest BCUT2D eigenvalue weighted by atomic mass is 32.1. The molecule has 0 radical (unpaired) electrons. The van der Waals surface area contributed by atoms with E-state index in [1.54, 1.807) is 11.3 Å². The van der Waals surface area contributed by atoms with Crippen molar-refractivity contribution in [2.75, 3.05) is 13.1 Å². The fourth-order valence-electron chi connectivity index (χ4n) is 4.43. The van der Waals surface area contributed by atoms with Gasteiger partial charge in [0.05, 0.1) is 5.39 Å². The predicted molar refractivity (Wildman–Crippen MR) is 127 cm³/mol. The Morgan fingerprint density at radius 2 is 1.77 bits per heavy atom. The molecule has 0 N–H and O–H groups in total. The SMILES string of the molecule is Cc1sc2nc(Cc3ccccc3)n(C3CCN(C(=O)C(C)(C)C)CC3)c(=O)c2c1C. The van der Waals surface area contributed by atoms with Crippen LogP contribution in [-0.2, 0) is 11.2 Å². The van der Waals surface area contributed by atoms with Gasteiger partial charge in [-0.25, -0.2) is 4.98 Å². The average Bonchev–Trinajstić information content (AvgIpc) is 3.01. The molecular formula is C25H31N3O2S. The molecule has 6 heteroatoms. The summed E-state index contributed by atoms with van der Waals surface area (Å²) in [6, 6.07) is 10.3. The molecule has 0 aliphatic carbocycles. The Bertz CT molecular complexity index is 1160. The Morgan fingerprint density at radius 3 is 2.39 bits per heavy atom. The summed E-state index contributed by atoms with van der Waals surface area (Å²) in [7, 11) is 0. The lowest BCUT2D eigenvalue weighted by Crippen LogP contribution is -2.45. The Balaban J connectivity index is 1.73. The van der Waals surface area contributed by atoms with Crippen LogP contribution in [-0.4, -0.2) is 33.4 Å². The van der Waals surface area contributed by atoms with Crippen molar-refractivity contribution in [1.82, 2.24) is 14.5 Å². The third-order valence-corrected chi connectivity index (χ3v) is 7.37. The van der Waals surface area contributed by atoms with Crippen LogP contribution in [0.3, 0.4) is 0 Å². The van der Waals surface area contributed by atoms with Crippen LogP contribution in [0.4, 0.5) is 0 Å². The maximum absolute atomic E-state index is 13.7. The topological polar surface area (TPSA) is 55.2 Å². The van der Waals surface area contributed by atoms with E-state index in [9.17, 15) is 9.59 Å². The fraction of sp³-hybridized carbons (Fsp3) is 0.480. The third kappa shape index (κ3) is 4.18. The van der Waals surface area contributed by atoms with E-state index < -0.39 is 0 Å². The molecule has 1 aliphatic rings. The Labute approximate surface area is 187 Å². The van der Waals surface area contributed by atoms with E-state index in [2.05, 4.69) is 19.1 Å². The molecule has 1 fully saturated rings. The lowest BCUT2D eigenvalue weighted by molar-refractivity contribution is -0.140. The molecule has 31 heavy (non-hydrogen) atoms. The van der Waals surface area contributed by atoms with Crippen molar-refractivity contribution in [3.63, 3.8) is 0 Å². The standard InChI is InChI=1S/C25H31N3O2S/c1-16-17(2)31-22-21(16)23(29)28(20(26-22)15-18-9-7-6-8-10-18)19-11-13-27(14-12-19)24(30)25(3,4)5/h6-10,19H,11-15H2,1-5H3. The second kappa shape index (κ2) is 8.23. The van der Waals surface area contributed by atoms with Gasteiger partial charge in [-0.2, -0.15) is 0 Å². The van der Waals surface area contributed by atoms with Gasteiger partial charge in [-0.15, -0.1) is 11.3 Å². The van der Waals surface area contributed by atoms with Crippen LogP contribution in [0.1, 0.15) is 61.5 Å². The lowest BCUT2D eigenvalue weighted by Gasteiger charge is -2.36. The number of carbonyl (C=O) groups excluding carboxylic acids is 1. The molecule has 0 spiro atoms. The zero-order chi connectivity index (χ0) is 22.3. The van der Waals surface area contributed by atoms with Gasteiger partial charge < -0.3 is 4.90 Å². The van der Waals surface area contributed by atoms with E-state index in [1.165, 1.54) is 0 Å². The van der Waals surface area contributed by atoms with Crippen molar-refractivity contribution < 1.29 is 4.79 Å². The van der Waals surface area contributed by atoms with E-state index in [1.807, 2.05) is 55.4 Å². The third-order valence-electron chi connectivity index (χ3n) is 6.27. The van der Waals surface area contributed by atoms with Crippen molar-refractivity contribution in [3.05, 3.63) is 62.5 Å². The van der Waals surface area contributed by atoms with Gasteiger partial charge in [0, 0.05) is 35.8 Å². The van der Waals surface area contributed by atoms with Crippen LogP contribution < -0.4 is 5.56 Å². The molecule has 1 aromatic carbocycles. The second-order valence-corrected chi connectivity index (χ2v) is 10.8. The zero-order valence-corrected chi connectivity index (χ0v) is 19.9. The Kier molecular flexibility index (Phi) is 5.77. The monoisotopic (exact) mass is 437 g/mol. The van der Waals surface area contributed by atoms with Gasteiger partial charge in [0.1, 0.15) is 10.7 Å². The number of hydrogen-bond acceptors (Lipinski definition) is 4. The molecule has 1 aliphatic heterocycles. The summed E-state index contributed by atoms with van der Waals surface area (Å²) in [5.74, 6) is 1.01. The first kappa shape index (κ1) is 21.8. The minimum Gasteiger partial charge on any atom is -0.342 e. The van der Waals surface area contributed by atoms with Gasteiger partial charge in [-0.1, -0.05) is 51.1 Å². The number of aromatic nitrogens is 2. The predicted octanol–water partition coefficient (Wildman–Crippen LogP) is 4.88. The van der Waals surface area contributed by atoms with Gasteiger partial charge in [-0.3, -0.25) is 14.2 Å². The molecule has 3 heterocycles. The summed E-state index contributed by atoms with van der Waals surface area (Å²) in [4.78, 5) is 35.3. The first-order valence-electron chi connectivity index (χ1n) is 11.0. The Morgan fingerprint density at radius 1 is 1.13 bits per heavy atom. The number of rotatable bonds is 3. The van der Waals surface area contributed by atoms with Crippen LogP contribution in [0.15, 0.2) is 35.1 Å². The molecule has 0 unspecified atom stereocenters. The van der Waals surface area contributed by atoms with Crippen LogP contribution in [0.5, 0.6) is 0 Å². The van der Waals surface area contributed by atoms with E-state index in [0.717, 1.165) is 44.9 Å². The maximum atomic E-state index is 13.7. The van der Waals surface area contributed by atoms with E-state index in [-0.39, 0.29) is 22.9 Å². The molecule has 5 nitrogen and oxygen atoms in total. The molecular weight excluding hydrogens is 406 g/mol. The largest absolute Gasteiger partial charge is 0.342 e. The first-order valence-corrected chi connectivity index (χ1v) is 11.8. The highest BCUT2D eigenvalue weighted by molar-refractivity contribution is 7.18. The number of aryl methyl sites for hydroxylation is 2. The number of benzene rings is 1. The number of thiophene rings is 1. The van der Waals surface area contributed by atoms with Gasteiger partial charge >= 0.3 is 0 Å². The summed E-state index contributed by atoms with van der Waals surface area (Å²) >= 11 is 1.60. The summed E-state index contributed by atoms with van der Waals surface area (Å²) < 4.78 is 1.94. The normalized spacial score (nSPS) is 15.6. The maximum Gasteiger partial charge on any atom is 0.262 e. The lowest BCUT2D eigenvalue weighted by atomic mass is 9.93. The average molecular weight is 438 g/mol. The summed E-state index contributed by atoms with van der Waals surface area (Å²) in [6.45, 7) is 11.3. The van der Waals surface area contributed by atoms with Gasteiger partial charge in [0.15, 0.2) is 0 Å². The molecule has 2 aromatic heterocycles. The molecule has 1 saturated heterocycles. The molecule has 0 atom stereocenters. The van der Waals surface area contributed by atoms with E-state index >= 15 is 0 Å². The van der Waals surface area contributed by atoms with Crippen molar-refractivity contribution in [3.8, 4) is 0 Å². The molecule has 0 saturated carbocycles. The first-order chi connectivity index (χ1) is 14.7. The highest BCUT2D eigenvalue weighted by Crippen LogP contribution is 2.30. The smallest absolute Gasteiger partial charge is 0.262 e. The summed E-state index contributed by atoms with van der Waals surface area (Å²) in [5.41, 5.74) is 1.87. The molecule has 4 rings (SSSR count). The number of fused-ring (bicyclic) bond motifs is 1. The van der Waals surface area contributed by atoms with Crippen molar-refractivity contribution in [2.45, 2.75) is 59.9 Å².